The van der Waals surface area contributed by atoms with Gasteiger partial charge in [0.1, 0.15) is 10.7 Å². The predicted octanol–water partition coefficient (Wildman–Crippen LogP) is 3.62. The lowest BCUT2D eigenvalue weighted by molar-refractivity contribution is 0.601. The summed E-state index contributed by atoms with van der Waals surface area (Å²) >= 11 is 11.9. The molecule has 0 bridgehead atoms. The van der Waals surface area contributed by atoms with Crippen LogP contribution in [0.15, 0.2) is 41.4 Å². The number of rotatable bonds is 5. The standard InChI is InChI=1S/C13H13Cl2N3O2S/c1-2-16-13-11(15)7-9(8-17-13)21(19,20)18-12-6-4-3-5-10(12)14/h3-8,18H,2H2,1H3,(H,16,17). The molecular formula is C13H13Cl2N3O2S. The topological polar surface area (TPSA) is 71.1 Å². The van der Waals surface area contributed by atoms with Crippen molar-refractivity contribution in [2.45, 2.75) is 11.8 Å². The number of nitrogens with one attached hydrogen (secondary N) is 2. The number of para-hydroxylation sites is 1. The number of nitrogens with zero attached hydrogens (tertiary/aromatic N) is 1. The van der Waals surface area contributed by atoms with Crippen LogP contribution in [-0.2, 0) is 10.0 Å². The molecule has 2 aromatic rings. The Bertz CT molecular complexity index is 751. The van der Waals surface area contributed by atoms with Crippen LogP contribution in [0.4, 0.5) is 11.5 Å². The van der Waals surface area contributed by atoms with Gasteiger partial charge in [0, 0.05) is 12.7 Å². The predicted molar refractivity (Wildman–Crippen MR) is 85.7 cm³/mol. The second-order valence-electron chi connectivity index (χ2n) is 4.12. The third-order valence-electron chi connectivity index (χ3n) is 2.59. The van der Waals surface area contributed by atoms with Crippen molar-refractivity contribution in [3.8, 4) is 0 Å². The van der Waals surface area contributed by atoms with Crippen molar-refractivity contribution >= 4 is 44.7 Å². The lowest BCUT2D eigenvalue weighted by Gasteiger charge is -2.11. The van der Waals surface area contributed by atoms with Gasteiger partial charge in [0.05, 0.1) is 15.7 Å². The number of pyridine rings is 1. The van der Waals surface area contributed by atoms with Gasteiger partial charge in [-0.3, -0.25) is 4.72 Å². The maximum atomic E-state index is 12.3. The number of anilines is 2. The van der Waals surface area contributed by atoms with Crippen molar-refractivity contribution in [2.24, 2.45) is 0 Å². The Morgan fingerprint density at radius 3 is 2.52 bits per heavy atom. The first-order chi connectivity index (χ1) is 9.94. The molecule has 0 saturated heterocycles. The third-order valence-corrected chi connectivity index (χ3v) is 4.54. The molecule has 0 unspecified atom stereocenters. The van der Waals surface area contributed by atoms with Crippen LogP contribution in [0, 0.1) is 0 Å². The minimum atomic E-state index is -3.80. The van der Waals surface area contributed by atoms with E-state index in [0.717, 1.165) is 0 Å². The first-order valence-corrected chi connectivity index (χ1v) is 8.34. The Balaban J connectivity index is 2.32. The average Bonchev–Trinajstić information content (AvgIpc) is 2.43. The van der Waals surface area contributed by atoms with Crippen LogP contribution in [0.5, 0.6) is 0 Å². The van der Waals surface area contributed by atoms with Gasteiger partial charge in [0.25, 0.3) is 10.0 Å². The Morgan fingerprint density at radius 1 is 1.19 bits per heavy atom. The molecule has 5 nitrogen and oxygen atoms in total. The molecule has 1 aromatic heterocycles. The number of sulfonamides is 1. The summed E-state index contributed by atoms with van der Waals surface area (Å²) in [6.45, 7) is 2.53. The Labute approximate surface area is 133 Å². The van der Waals surface area contributed by atoms with Gasteiger partial charge in [-0.25, -0.2) is 13.4 Å². The van der Waals surface area contributed by atoms with E-state index in [0.29, 0.717) is 23.1 Å². The molecule has 0 aliphatic carbocycles. The molecule has 2 rings (SSSR count). The van der Waals surface area contributed by atoms with E-state index in [1.165, 1.54) is 12.3 Å². The molecule has 8 heteroatoms. The summed E-state index contributed by atoms with van der Waals surface area (Å²) in [7, 11) is -3.80. The molecule has 0 aliphatic heterocycles. The van der Waals surface area contributed by atoms with Crippen LogP contribution in [0.1, 0.15) is 6.92 Å². The van der Waals surface area contributed by atoms with Crippen LogP contribution in [0.25, 0.3) is 0 Å². The second-order valence-corrected chi connectivity index (χ2v) is 6.61. The van der Waals surface area contributed by atoms with Crippen molar-refractivity contribution in [2.75, 3.05) is 16.6 Å². The summed E-state index contributed by atoms with van der Waals surface area (Å²) in [5.41, 5.74) is 0.297. The highest BCUT2D eigenvalue weighted by molar-refractivity contribution is 7.92. The zero-order valence-electron chi connectivity index (χ0n) is 11.1. The molecule has 0 atom stereocenters. The lowest BCUT2D eigenvalue weighted by Crippen LogP contribution is -2.14. The molecule has 2 N–H and O–H groups in total. The number of hydrogen-bond donors (Lipinski definition) is 2. The van der Waals surface area contributed by atoms with Crippen LogP contribution < -0.4 is 10.0 Å². The van der Waals surface area contributed by atoms with E-state index in [1.807, 2.05) is 6.92 Å². The quantitative estimate of drug-likeness (QED) is 0.867. The van der Waals surface area contributed by atoms with Gasteiger partial charge in [-0.15, -0.1) is 0 Å². The van der Waals surface area contributed by atoms with Crippen molar-refractivity contribution in [1.29, 1.82) is 0 Å². The molecule has 112 valence electrons. The van der Waals surface area contributed by atoms with Gasteiger partial charge in [-0.2, -0.15) is 0 Å². The molecule has 0 fully saturated rings. The summed E-state index contributed by atoms with van der Waals surface area (Å²) in [5, 5.41) is 3.48. The molecule has 0 aliphatic rings. The highest BCUT2D eigenvalue weighted by Gasteiger charge is 2.17. The lowest BCUT2D eigenvalue weighted by atomic mass is 10.3. The number of hydrogen-bond acceptors (Lipinski definition) is 4. The van der Waals surface area contributed by atoms with Gasteiger partial charge in [-0.05, 0) is 25.1 Å². The van der Waals surface area contributed by atoms with Crippen molar-refractivity contribution in [1.82, 2.24) is 4.98 Å². The van der Waals surface area contributed by atoms with Gasteiger partial charge in [0.15, 0.2) is 0 Å². The van der Waals surface area contributed by atoms with E-state index in [4.69, 9.17) is 23.2 Å². The Morgan fingerprint density at radius 2 is 1.90 bits per heavy atom. The van der Waals surface area contributed by atoms with E-state index in [1.54, 1.807) is 24.3 Å². The summed E-state index contributed by atoms with van der Waals surface area (Å²) in [5.74, 6) is 0.441. The van der Waals surface area contributed by atoms with Crippen LogP contribution in [0.3, 0.4) is 0 Å². The van der Waals surface area contributed by atoms with E-state index in [-0.39, 0.29) is 9.92 Å². The minimum absolute atomic E-state index is 0.0333. The van der Waals surface area contributed by atoms with Gasteiger partial charge in [-0.1, -0.05) is 35.3 Å². The normalized spacial score (nSPS) is 11.2. The first kappa shape index (κ1) is 15.9. The highest BCUT2D eigenvalue weighted by Crippen LogP contribution is 2.26. The summed E-state index contributed by atoms with van der Waals surface area (Å²) < 4.78 is 27.0. The summed E-state index contributed by atoms with van der Waals surface area (Å²) in [4.78, 5) is 3.97. The molecular weight excluding hydrogens is 333 g/mol. The fourth-order valence-electron chi connectivity index (χ4n) is 1.61. The van der Waals surface area contributed by atoms with E-state index in [2.05, 4.69) is 15.0 Å². The third kappa shape index (κ3) is 3.78. The second kappa shape index (κ2) is 6.51. The van der Waals surface area contributed by atoms with E-state index < -0.39 is 10.0 Å². The van der Waals surface area contributed by atoms with Gasteiger partial charge in [0.2, 0.25) is 0 Å². The van der Waals surface area contributed by atoms with E-state index in [9.17, 15) is 8.42 Å². The van der Waals surface area contributed by atoms with Crippen molar-refractivity contribution < 1.29 is 8.42 Å². The number of benzene rings is 1. The molecule has 0 spiro atoms. The maximum absolute atomic E-state index is 12.3. The number of halogens is 2. The zero-order chi connectivity index (χ0) is 15.5. The maximum Gasteiger partial charge on any atom is 0.263 e. The van der Waals surface area contributed by atoms with E-state index >= 15 is 0 Å². The van der Waals surface area contributed by atoms with Crippen molar-refractivity contribution in [3.63, 3.8) is 0 Å². The van der Waals surface area contributed by atoms with Crippen LogP contribution >= 0.6 is 23.2 Å². The molecule has 1 aromatic carbocycles. The van der Waals surface area contributed by atoms with Crippen LogP contribution in [0.2, 0.25) is 10.0 Å². The highest BCUT2D eigenvalue weighted by atomic mass is 35.5. The number of aromatic nitrogens is 1. The summed E-state index contributed by atoms with van der Waals surface area (Å²) in [6.07, 6.45) is 1.24. The fourth-order valence-corrected chi connectivity index (χ4v) is 3.20. The SMILES string of the molecule is CCNc1ncc(S(=O)(=O)Nc2ccccc2Cl)cc1Cl. The van der Waals surface area contributed by atoms with Gasteiger partial charge < -0.3 is 5.32 Å². The Kier molecular flexibility index (Phi) is 4.92. The smallest absolute Gasteiger partial charge is 0.263 e. The molecule has 21 heavy (non-hydrogen) atoms. The molecule has 0 amide bonds. The summed E-state index contributed by atoms with van der Waals surface area (Å²) in [6, 6.07) is 7.90. The largest absolute Gasteiger partial charge is 0.369 e. The molecule has 0 saturated carbocycles. The monoisotopic (exact) mass is 345 g/mol. The first-order valence-electron chi connectivity index (χ1n) is 6.11. The van der Waals surface area contributed by atoms with Crippen molar-refractivity contribution in [3.05, 3.63) is 46.6 Å². The minimum Gasteiger partial charge on any atom is -0.369 e. The fraction of sp³-hybridized carbons (Fsp3) is 0.154. The molecule has 1 heterocycles. The van der Waals surface area contributed by atoms with Crippen LogP contribution in [-0.4, -0.2) is 19.9 Å². The molecule has 0 radical (unpaired) electrons. The average molecular weight is 346 g/mol. The van der Waals surface area contributed by atoms with Gasteiger partial charge >= 0.3 is 0 Å². The zero-order valence-corrected chi connectivity index (χ0v) is 13.4. The Hall–Kier alpha value is -1.50.